The monoisotopic (exact) mass is 296 g/mol. The molecular weight excluding hydrogens is 276 g/mol. The van der Waals surface area contributed by atoms with E-state index in [4.69, 9.17) is 0 Å². The van der Waals surface area contributed by atoms with Gasteiger partial charge in [-0.15, -0.1) is 0 Å². The van der Waals surface area contributed by atoms with E-state index in [9.17, 15) is 9.90 Å². The molecule has 2 atom stereocenters. The molecule has 0 bridgehead atoms. The third-order valence-electron chi connectivity index (χ3n) is 4.01. The van der Waals surface area contributed by atoms with Crippen molar-refractivity contribution in [2.24, 2.45) is 0 Å². The molecule has 4 heteroatoms. The van der Waals surface area contributed by atoms with Crippen molar-refractivity contribution in [1.82, 2.24) is 5.32 Å². The lowest BCUT2D eigenvalue weighted by atomic mass is 10.00. The summed E-state index contributed by atoms with van der Waals surface area (Å²) in [5.41, 5.74) is 2.18. The first-order valence-electron chi connectivity index (χ1n) is 7.62. The first-order valence-corrected chi connectivity index (χ1v) is 7.62. The highest BCUT2D eigenvalue weighted by Gasteiger charge is 2.23. The Morgan fingerprint density at radius 1 is 1.14 bits per heavy atom. The van der Waals surface area contributed by atoms with Crippen molar-refractivity contribution in [1.29, 1.82) is 0 Å². The van der Waals surface area contributed by atoms with Gasteiger partial charge in [0, 0.05) is 11.3 Å². The van der Waals surface area contributed by atoms with Crippen molar-refractivity contribution in [3.8, 4) is 0 Å². The van der Waals surface area contributed by atoms with Crippen molar-refractivity contribution in [3.05, 3.63) is 65.7 Å². The van der Waals surface area contributed by atoms with Gasteiger partial charge in [0.15, 0.2) is 0 Å². The minimum absolute atomic E-state index is 0.0368. The molecule has 1 amide bonds. The Kier molecular flexibility index (Phi) is 4.51. The summed E-state index contributed by atoms with van der Waals surface area (Å²) >= 11 is 0. The number of benzene rings is 2. The number of nitrogens with one attached hydrogen (secondary N) is 2. The zero-order chi connectivity index (χ0) is 15.4. The molecule has 0 radical (unpaired) electrons. The smallest absolute Gasteiger partial charge is 0.241 e. The summed E-state index contributed by atoms with van der Waals surface area (Å²) in [6, 6.07) is 16.7. The standard InChI is InChI=1S/C18H20N2O2/c21-17(13-7-2-1-3-8-13)14-9-4-5-10-15(14)20-18(22)16-11-6-12-19-16/h1-5,7-10,16-17,19,21H,6,11-12H2,(H,20,22)/t16-,17?/m0/s1. The topological polar surface area (TPSA) is 61.4 Å². The number of carbonyl (C=O) groups excluding carboxylic acids is 1. The number of anilines is 1. The van der Waals surface area contributed by atoms with Gasteiger partial charge in [-0.1, -0.05) is 48.5 Å². The Hall–Kier alpha value is -2.17. The van der Waals surface area contributed by atoms with Gasteiger partial charge in [-0.05, 0) is 31.0 Å². The Bertz CT molecular complexity index is 637. The van der Waals surface area contributed by atoms with Gasteiger partial charge in [-0.25, -0.2) is 0 Å². The maximum absolute atomic E-state index is 12.3. The maximum Gasteiger partial charge on any atom is 0.241 e. The summed E-state index contributed by atoms with van der Waals surface area (Å²) in [7, 11) is 0. The van der Waals surface area contributed by atoms with Crippen LogP contribution in [0.2, 0.25) is 0 Å². The van der Waals surface area contributed by atoms with Crippen molar-refractivity contribution < 1.29 is 9.90 Å². The molecule has 1 aliphatic rings. The quantitative estimate of drug-likeness (QED) is 0.812. The molecule has 2 aromatic rings. The predicted octanol–water partition coefficient (Wildman–Crippen LogP) is 2.46. The van der Waals surface area contributed by atoms with E-state index in [0.717, 1.165) is 24.9 Å². The SMILES string of the molecule is O=C(Nc1ccccc1C(O)c1ccccc1)[C@@H]1CCCN1. The van der Waals surface area contributed by atoms with Crippen LogP contribution in [0.15, 0.2) is 54.6 Å². The second-order valence-corrected chi connectivity index (χ2v) is 5.54. The predicted molar refractivity (Wildman–Crippen MR) is 86.6 cm³/mol. The van der Waals surface area contributed by atoms with Crippen LogP contribution in [0.5, 0.6) is 0 Å². The summed E-state index contributed by atoms with van der Waals surface area (Å²) in [5, 5.41) is 16.7. The largest absolute Gasteiger partial charge is 0.384 e. The van der Waals surface area contributed by atoms with Crippen LogP contribution in [0.4, 0.5) is 5.69 Å². The highest BCUT2D eigenvalue weighted by atomic mass is 16.3. The molecule has 1 saturated heterocycles. The molecule has 2 aromatic carbocycles. The van der Waals surface area contributed by atoms with Gasteiger partial charge in [-0.3, -0.25) is 4.79 Å². The molecule has 3 rings (SSSR count). The number of hydrogen-bond acceptors (Lipinski definition) is 3. The average Bonchev–Trinajstić information content (AvgIpc) is 3.10. The first kappa shape index (κ1) is 14.8. The summed E-state index contributed by atoms with van der Waals surface area (Å²) in [5.74, 6) is -0.0368. The van der Waals surface area contributed by atoms with Gasteiger partial charge in [0.25, 0.3) is 0 Å². The van der Waals surface area contributed by atoms with Crippen molar-refractivity contribution in [3.63, 3.8) is 0 Å². The summed E-state index contributed by atoms with van der Waals surface area (Å²) in [6.45, 7) is 0.881. The van der Waals surface area contributed by atoms with Crippen molar-refractivity contribution in [2.45, 2.75) is 25.0 Å². The van der Waals surface area contributed by atoms with Gasteiger partial charge < -0.3 is 15.7 Å². The van der Waals surface area contributed by atoms with Crippen LogP contribution in [0.3, 0.4) is 0 Å². The van der Waals surface area contributed by atoms with E-state index in [0.29, 0.717) is 11.3 Å². The summed E-state index contributed by atoms with van der Waals surface area (Å²) < 4.78 is 0. The van der Waals surface area contributed by atoms with Crippen molar-refractivity contribution in [2.75, 3.05) is 11.9 Å². The van der Waals surface area contributed by atoms with Crippen LogP contribution in [-0.2, 0) is 4.79 Å². The van der Waals surface area contributed by atoms with Crippen LogP contribution in [0.1, 0.15) is 30.1 Å². The maximum atomic E-state index is 12.3. The molecule has 0 aromatic heterocycles. The van der Waals surface area contributed by atoms with Gasteiger partial charge >= 0.3 is 0 Å². The number of para-hydroxylation sites is 1. The van der Waals surface area contributed by atoms with Crippen LogP contribution in [0.25, 0.3) is 0 Å². The van der Waals surface area contributed by atoms with Gasteiger partial charge in [0.1, 0.15) is 6.10 Å². The van der Waals surface area contributed by atoms with E-state index in [1.165, 1.54) is 0 Å². The molecule has 0 spiro atoms. The zero-order valence-electron chi connectivity index (χ0n) is 12.3. The molecule has 4 nitrogen and oxygen atoms in total. The Morgan fingerprint density at radius 2 is 1.86 bits per heavy atom. The number of carbonyl (C=O) groups is 1. The minimum Gasteiger partial charge on any atom is -0.384 e. The van der Waals surface area contributed by atoms with Crippen LogP contribution >= 0.6 is 0 Å². The van der Waals surface area contributed by atoms with E-state index in [1.807, 2.05) is 54.6 Å². The van der Waals surface area contributed by atoms with Gasteiger partial charge in [0.05, 0.1) is 6.04 Å². The van der Waals surface area contributed by atoms with Crippen LogP contribution in [-0.4, -0.2) is 23.6 Å². The molecule has 114 valence electrons. The minimum atomic E-state index is -0.755. The molecular formula is C18H20N2O2. The molecule has 0 aliphatic carbocycles. The fourth-order valence-corrected chi connectivity index (χ4v) is 2.79. The number of hydrogen-bond donors (Lipinski definition) is 3. The van der Waals surface area contributed by atoms with E-state index in [1.54, 1.807) is 0 Å². The van der Waals surface area contributed by atoms with E-state index >= 15 is 0 Å². The number of amides is 1. The number of rotatable bonds is 4. The number of aliphatic hydroxyl groups is 1. The van der Waals surface area contributed by atoms with Crippen LogP contribution < -0.4 is 10.6 Å². The fourth-order valence-electron chi connectivity index (χ4n) is 2.79. The second-order valence-electron chi connectivity index (χ2n) is 5.54. The zero-order valence-corrected chi connectivity index (χ0v) is 12.3. The Balaban J connectivity index is 1.82. The highest BCUT2D eigenvalue weighted by Crippen LogP contribution is 2.28. The van der Waals surface area contributed by atoms with E-state index in [-0.39, 0.29) is 11.9 Å². The Morgan fingerprint density at radius 3 is 2.59 bits per heavy atom. The summed E-state index contributed by atoms with van der Waals surface area (Å²) in [4.78, 5) is 12.3. The molecule has 1 aliphatic heterocycles. The third kappa shape index (κ3) is 3.18. The lowest BCUT2D eigenvalue weighted by Gasteiger charge is -2.18. The number of aliphatic hydroxyl groups excluding tert-OH is 1. The summed E-state index contributed by atoms with van der Waals surface area (Å²) in [6.07, 6.45) is 1.12. The van der Waals surface area contributed by atoms with Crippen LogP contribution in [0, 0.1) is 0 Å². The van der Waals surface area contributed by atoms with Crippen molar-refractivity contribution >= 4 is 11.6 Å². The lowest BCUT2D eigenvalue weighted by molar-refractivity contribution is -0.117. The first-order chi connectivity index (χ1) is 10.8. The Labute approximate surface area is 130 Å². The lowest BCUT2D eigenvalue weighted by Crippen LogP contribution is -2.35. The van der Waals surface area contributed by atoms with Gasteiger partial charge in [0.2, 0.25) is 5.91 Å². The normalized spacial score (nSPS) is 18.9. The highest BCUT2D eigenvalue weighted by molar-refractivity contribution is 5.95. The average molecular weight is 296 g/mol. The molecule has 3 N–H and O–H groups in total. The molecule has 1 unspecified atom stereocenters. The molecule has 22 heavy (non-hydrogen) atoms. The van der Waals surface area contributed by atoms with E-state index in [2.05, 4.69) is 10.6 Å². The third-order valence-corrected chi connectivity index (χ3v) is 4.01. The fraction of sp³-hybridized carbons (Fsp3) is 0.278. The molecule has 1 fully saturated rings. The van der Waals surface area contributed by atoms with Gasteiger partial charge in [-0.2, -0.15) is 0 Å². The van der Waals surface area contributed by atoms with E-state index < -0.39 is 6.10 Å². The molecule has 0 saturated carbocycles. The second kappa shape index (κ2) is 6.73. The molecule has 1 heterocycles.